The minimum absolute atomic E-state index is 0.472. The van der Waals surface area contributed by atoms with Gasteiger partial charge < -0.3 is 16.2 Å². The Kier molecular flexibility index (Phi) is 3.88. The zero-order valence-electron chi connectivity index (χ0n) is 11.2. The first-order valence-electron chi connectivity index (χ1n) is 6.74. The monoisotopic (exact) mass is 249 g/mol. The molecule has 2 rings (SSSR count). The number of aromatic nitrogens is 1. The van der Waals surface area contributed by atoms with E-state index in [1.54, 1.807) is 6.20 Å². The van der Waals surface area contributed by atoms with E-state index in [4.69, 9.17) is 5.73 Å². The highest BCUT2D eigenvalue weighted by Crippen LogP contribution is 2.40. The van der Waals surface area contributed by atoms with Crippen molar-refractivity contribution >= 4 is 5.82 Å². The van der Waals surface area contributed by atoms with E-state index < -0.39 is 5.60 Å². The van der Waals surface area contributed by atoms with Gasteiger partial charge in [0, 0.05) is 17.8 Å². The average Bonchev–Trinajstić information content (AvgIpc) is 2.32. The van der Waals surface area contributed by atoms with Gasteiger partial charge in [0.1, 0.15) is 5.82 Å². The standard InChI is InChI=1S/C14H23N3O/c1-3-16-11-4-7-14(18,8-5-11)12-10(2)6-9-17-13(12)15/h6,9,11,16,18H,3-5,7-8H2,1-2H3,(H2,15,17). The first kappa shape index (κ1) is 13.3. The summed E-state index contributed by atoms with van der Waals surface area (Å²) in [5.41, 5.74) is 7.01. The highest BCUT2D eigenvalue weighted by atomic mass is 16.3. The third-order valence-electron chi connectivity index (χ3n) is 3.96. The molecular formula is C14H23N3O. The normalized spacial score (nSPS) is 28.3. The summed E-state index contributed by atoms with van der Waals surface area (Å²) in [6, 6.07) is 2.44. The number of nitrogen functional groups attached to an aromatic ring is 1. The first-order valence-corrected chi connectivity index (χ1v) is 6.74. The van der Waals surface area contributed by atoms with Gasteiger partial charge in [-0.15, -0.1) is 0 Å². The molecule has 4 heteroatoms. The van der Waals surface area contributed by atoms with E-state index >= 15 is 0 Å². The summed E-state index contributed by atoms with van der Waals surface area (Å²) < 4.78 is 0. The van der Waals surface area contributed by atoms with Crippen molar-refractivity contribution in [2.75, 3.05) is 12.3 Å². The van der Waals surface area contributed by atoms with Gasteiger partial charge in [0.2, 0.25) is 0 Å². The Bertz CT molecular complexity index is 391. The van der Waals surface area contributed by atoms with E-state index in [2.05, 4.69) is 17.2 Å². The van der Waals surface area contributed by atoms with Crippen LogP contribution in [-0.2, 0) is 5.60 Å². The second-order valence-electron chi connectivity index (χ2n) is 5.25. The molecule has 1 fully saturated rings. The Morgan fingerprint density at radius 2 is 2.17 bits per heavy atom. The third-order valence-corrected chi connectivity index (χ3v) is 3.96. The SMILES string of the molecule is CCNC1CCC(O)(c2c(C)ccnc2N)CC1. The van der Waals surface area contributed by atoms with Crippen LogP contribution in [0.5, 0.6) is 0 Å². The van der Waals surface area contributed by atoms with E-state index in [1.807, 2.05) is 13.0 Å². The molecule has 1 aliphatic carbocycles. The van der Waals surface area contributed by atoms with Crippen molar-refractivity contribution in [1.29, 1.82) is 0 Å². The summed E-state index contributed by atoms with van der Waals surface area (Å²) in [4.78, 5) is 4.12. The van der Waals surface area contributed by atoms with Crippen LogP contribution in [0.1, 0.15) is 43.7 Å². The van der Waals surface area contributed by atoms with Crippen molar-refractivity contribution in [3.8, 4) is 0 Å². The molecule has 1 aliphatic rings. The predicted molar refractivity (Wildman–Crippen MR) is 73.2 cm³/mol. The largest absolute Gasteiger partial charge is 0.385 e. The highest BCUT2D eigenvalue weighted by molar-refractivity contribution is 5.48. The summed E-state index contributed by atoms with van der Waals surface area (Å²) >= 11 is 0. The van der Waals surface area contributed by atoms with Gasteiger partial charge in [-0.1, -0.05) is 6.92 Å². The van der Waals surface area contributed by atoms with Crippen molar-refractivity contribution in [2.45, 2.75) is 51.2 Å². The lowest BCUT2D eigenvalue weighted by atomic mass is 9.76. The zero-order chi connectivity index (χ0) is 13.2. The number of nitrogens with two attached hydrogens (primary N) is 1. The smallest absolute Gasteiger partial charge is 0.129 e. The van der Waals surface area contributed by atoms with Crippen LogP contribution in [0.2, 0.25) is 0 Å². The fraction of sp³-hybridized carbons (Fsp3) is 0.643. The lowest BCUT2D eigenvalue weighted by molar-refractivity contribution is -0.00821. The molecular weight excluding hydrogens is 226 g/mol. The molecule has 18 heavy (non-hydrogen) atoms. The molecule has 0 saturated heterocycles. The van der Waals surface area contributed by atoms with Crippen molar-refractivity contribution < 1.29 is 5.11 Å². The summed E-state index contributed by atoms with van der Waals surface area (Å²) in [5.74, 6) is 0.472. The molecule has 4 N–H and O–H groups in total. The maximum absolute atomic E-state index is 10.8. The lowest BCUT2D eigenvalue weighted by Gasteiger charge is -2.37. The van der Waals surface area contributed by atoms with Gasteiger partial charge in [0.05, 0.1) is 5.60 Å². The lowest BCUT2D eigenvalue weighted by Crippen LogP contribution is -2.40. The number of nitrogens with zero attached hydrogens (tertiary/aromatic N) is 1. The third kappa shape index (κ3) is 2.49. The van der Waals surface area contributed by atoms with Crippen LogP contribution in [0.4, 0.5) is 5.82 Å². The van der Waals surface area contributed by atoms with Crippen LogP contribution in [0.3, 0.4) is 0 Å². The van der Waals surface area contributed by atoms with Crippen LogP contribution in [0.15, 0.2) is 12.3 Å². The summed E-state index contributed by atoms with van der Waals surface area (Å²) in [6.07, 6.45) is 5.17. The molecule has 1 aromatic heterocycles. The number of anilines is 1. The molecule has 0 atom stereocenters. The quantitative estimate of drug-likeness (QED) is 0.762. The Balaban J connectivity index is 2.18. The first-order chi connectivity index (χ1) is 8.57. The molecule has 1 heterocycles. The number of nitrogens with one attached hydrogen (secondary N) is 1. The fourth-order valence-electron chi connectivity index (χ4n) is 3.02. The van der Waals surface area contributed by atoms with E-state index in [-0.39, 0.29) is 0 Å². The molecule has 0 aliphatic heterocycles. The number of hydrogen-bond acceptors (Lipinski definition) is 4. The zero-order valence-corrected chi connectivity index (χ0v) is 11.2. The molecule has 0 spiro atoms. The summed E-state index contributed by atoms with van der Waals surface area (Å²) in [7, 11) is 0. The average molecular weight is 249 g/mol. The Morgan fingerprint density at radius 3 is 2.72 bits per heavy atom. The van der Waals surface area contributed by atoms with Crippen LogP contribution in [0.25, 0.3) is 0 Å². The molecule has 1 aromatic rings. The molecule has 0 amide bonds. The summed E-state index contributed by atoms with van der Waals surface area (Å²) in [5, 5.41) is 14.3. The maximum Gasteiger partial charge on any atom is 0.129 e. The van der Waals surface area contributed by atoms with Gasteiger partial charge in [-0.2, -0.15) is 0 Å². The molecule has 100 valence electrons. The van der Waals surface area contributed by atoms with Gasteiger partial charge in [-0.05, 0) is 50.8 Å². The summed E-state index contributed by atoms with van der Waals surface area (Å²) in [6.45, 7) is 5.09. The Morgan fingerprint density at radius 1 is 1.50 bits per heavy atom. The second-order valence-corrected chi connectivity index (χ2v) is 5.25. The molecule has 4 nitrogen and oxygen atoms in total. The van der Waals surface area contributed by atoms with E-state index in [0.717, 1.165) is 43.4 Å². The highest BCUT2D eigenvalue weighted by Gasteiger charge is 2.37. The van der Waals surface area contributed by atoms with Gasteiger partial charge in [-0.3, -0.25) is 0 Å². The second kappa shape index (κ2) is 5.24. The molecule has 0 aromatic carbocycles. The minimum atomic E-state index is -0.797. The Labute approximate surface area is 109 Å². The van der Waals surface area contributed by atoms with Crippen molar-refractivity contribution in [3.63, 3.8) is 0 Å². The van der Waals surface area contributed by atoms with Crippen LogP contribution in [-0.4, -0.2) is 22.7 Å². The van der Waals surface area contributed by atoms with E-state index in [1.165, 1.54) is 0 Å². The number of rotatable bonds is 3. The molecule has 0 bridgehead atoms. The van der Waals surface area contributed by atoms with Gasteiger partial charge in [-0.25, -0.2) is 4.98 Å². The molecule has 0 unspecified atom stereocenters. The van der Waals surface area contributed by atoms with E-state index in [0.29, 0.717) is 11.9 Å². The Hall–Kier alpha value is -1.13. The van der Waals surface area contributed by atoms with Crippen LogP contribution in [0, 0.1) is 6.92 Å². The molecule has 1 saturated carbocycles. The number of hydrogen-bond donors (Lipinski definition) is 3. The fourth-order valence-corrected chi connectivity index (χ4v) is 3.02. The topological polar surface area (TPSA) is 71.2 Å². The minimum Gasteiger partial charge on any atom is -0.385 e. The predicted octanol–water partition coefficient (Wildman–Crippen LogP) is 1.71. The van der Waals surface area contributed by atoms with Crippen molar-refractivity contribution in [2.24, 2.45) is 0 Å². The van der Waals surface area contributed by atoms with E-state index in [9.17, 15) is 5.11 Å². The maximum atomic E-state index is 10.8. The van der Waals surface area contributed by atoms with Gasteiger partial charge in [0.15, 0.2) is 0 Å². The van der Waals surface area contributed by atoms with Crippen LogP contribution < -0.4 is 11.1 Å². The van der Waals surface area contributed by atoms with Crippen LogP contribution >= 0.6 is 0 Å². The van der Waals surface area contributed by atoms with Gasteiger partial charge in [0.25, 0.3) is 0 Å². The number of pyridine rings is 1. The van der Waals surface area contributed by atoms with Crippen molar-refractivity contribution in [3.05, 3.63) is 23.4 Å². The van der Waals surface area contributed by atoms with Crippen molar-refractivity contribution in [1.82, 2.24) is 10.3 Å². The number of aliphatic hydroxyl groups is 1. The van der Waals surface area contributed by atoms with Gasteiger partial charge >= 0.3 is 0 Å². The molecule has 0 radical (unpaired) electrons. The number of aryl methyl sites for hydroxylation is 1.